The number of nitrogens with zero attached hydrogens (tertiary/aromatic N) is 4. The van der Waals surface area contributed by atoms with Crippen LogP contribution >= 0.6 is 0 Å². The summed E-state index contributed by atoms with van der Waals surface area (Å²) in [5.74, 6) is 0.198. The Bertz CT molecular complexity index is 1060. The molecule has 3 heterocycles. The van der Waals surface area contributed by atoms with Crippen LogP contribution < -0.4 is 14.5 Å². The van der Waals surface area contributed by atoms with Crippen molar-refractivity contribution in [1.82, 2.24) is 9.80 Å². The van der Waals surface area contributed by atoms with Crippen LogP contribution in [0.3, 0.4) is 0 Å². The lowest BCUT2D eigenvalue weighted by atomic mass is 10.0. The molecule has 33 heavy (non-hydrogen) atoms. The van der Waals surface area contributed by atoms with E-state index in [1.165, 1.54) is 17.7 Å². The number of benzene rings is 2. The van der Waals surface area contributed by atoms with Gasteiger partial charge in [-0.15, -0.1) is 0 Å². The maximum Gasteiger partial charge on any atom is 0.282 e. The zero-order chi connectivity index (χ0) is 22.9. The van der Waals surface area contributed by atoms with Gasteiger partial charge in [0.15, 0.2) is 0 Å². The zero-order valence-corrected chi connectivity index (χ0v) is 19.3. The highest BCUT2D eigenvalue weighted by Crippen LogP contribution is 2.36. The van der Waals surface area contributed by atoms with Gasteiger partial charge in [0.05, 0.1) is 18.4 Å². The third kappa shape index (κ3) is 3.97. The molecule has 2 aromatic rings. The number of imide groups is 1. The van der Waals surface area contributed by atoms with Crippen molar-refractivity contribution in [2.24, 2.45) is 0 Å². The van der Waals surface area contributed by atoms with Gasteiger partial charge < -0.3 is 19.4 Å². The highest BCUT2D eigenvalue weighted by atomic mass is 16.5. The summed E-state index contributed by atoms with van der Waals surface area (Å²) in [5, 5.41) is 0. The number of carbonyl (C=O) groups is 2. The number of rotatable bonds is 5. The van der Waals surface area contributed by atoms with Crippen LogP contribution in [-0.2, 0) is 9.59 Å². The highest BCUT2D eigenvalue weighted by Gasteiger charge is 2.43. The van der Waals surface area contributed by atoms with E-state index in [1.807, 2.05) is 48.5 Å². The van der Waals surface area contributed by atoms with Gasteiger partial charge in [-0.1, -0.05) is 12.1 Å². The van der Waals surface area contributed by atoms with Crippen LogP contribution in [-0.4, -0.2) is 75.0 Å². The predicted molar refractivity (Wildman–Crippen MR) is 129 cm³/mol. The molecule has 7 heteroatoms. The Hall–Kier alpha value is -3.32. The normalized spacial score (nSPS) is 19.8. The Labute approximate surface area is 194 Å². The molecule has 0 N–H and O–H groups in total. The van der Waals surface area contributed by atoms with Crippen molar-refractivity contribution in [2.75, 3.05) is 63.2 Å². The highest BCUT2D eigenvalue weighted by molar-refractivity contribution is 6.45. The number of carbonyl (C=O) groups excluding carboxylic acids is 2. The molecule has 3 aliphatic heterocycles. The van der Waals surface area contributed by atoms with Crippen LogP contribution in [0.5, 0.6) is 5.75 Å². The molecule has 0 spiro atoms. The molecule has 0 radical (unpaired) electrons. The Morgan fingerprint density at radius 2 is 1.30 bits per heavy atom. The van der Waals surface area contributed by atoms with Gasteiger partial charge in [-0.05, 0) is 61.9 Å². The standard InChI is InChI=1S/C26H30N4O3/c1-27-15-17-29(18-16-27)24-23(19-5-11-22(33-2)12-6-19)25(31)30(26(24)32)21-9-7-20(8-10-21)28-13-3-4-14-28/h5-12H,3-4,13-18H2,1-2H3. The molecule has 5 rings (SSSR count). The third-order valence-electron chi connectivity index (χ3n) is 6.84. The van der Waals surface area contributed by atoms with Crippen molar-refractivity contribution in [3.63, 3.8) is 0 Å². The summed E-state index contributed by atoms with van der Waals surface area (Å²) in [5.41, 5.74) is 3.46. The maximum atomic E-state index is 13.7. The monoisotopic (exact) mass is 446 g/mol. The first kappa shape index (κ1) is 21.5. The van der Waals surface area contributed by atoms with Crippen LogP contribution in [0.4, 0.5) is 11.4 Å². The minimum Gasteiger partial charge on any atom is -0.497 e. The van der Waals surface area contributed by atoms with E-state index in [4.69, 9.17) is 4.74 Å². The second-order valence-electron chi connectivity index (χ2n) is 8.90. The van der Waals surface area contributed by atoms with Crippen LogP contribution in [0.25, 0.3) is 5.57 Å². The van der Waals surface area contributed by atoms with Gasteiger partial charge in [0.1, 0.15) is 11.4 Å². The molecule has 2 saturated heterocycles. The number of methoxy groups -OCH3 is 1. The van der Waals surface area contributed by atoms with Gasteiger partial charge in [-0.3, -0.25) is 9.59 Å². The van der Waals surface area contributed by atoms with E-state index < -0.39 is 0 Å². The second kappa shape index (κ2) is 8.90. The molecular weight excluding hydrogens is 416 g/mol. The SMILES string of the molecule is COc1ccc(C2=C(N3CCN(C)CC3)C(=O)N(c3ccc(N4CCCC4)cc3)C2=O)cc1. The molecule has 2 aromatic carbocycles. The van der Waals surface area contributed by atoms with E-state index in [1.54, 1.807) is 7.11 Å². The van der Waals surface area contributed by atoms with Gasteiger partial charge >= 0.3 is 0 Å². The summed E-state index contributed by atoms with van der Waals surface area (Å²) in [6.45, 7) is 5.24. The first-order valence-electron chi connectivity index (χ1n) is 11.6. The van der Waals surface area contributed by atoms with E-state index in [9.17, 15) is 9.59 Å². The Morgan fingerprint density at radius 3 is 1.91 bits per heavy atom. The maximum absolute atomic E-state index is 13.7. The Morgan fingerprint density at radius 1 is 0.697 bits per heavy atom. The number of likely N-dealkylation sites (N-methyl/N-ethyl adjacent to an activating group) is 1. The molecule has 2 amide bonds. The summed E-state index contributed by atoms with van der Waals surface area (Å²) in [4.78, 5) is 35.4. The summed E-state index contributed by atoms with van der Waals surface area (Å²) in [6.07, 6.45) is 2.41. The summed E-state index contributed by atoms with van der Waals surface area (Å²) < 4.78 is 5.28. The second-order valence-corrected chi connectivity index (χ2v) is 8.90. The van der Waals surface area contributed by atoms with E-state index in [-0.39, 0.29) is 11.8 Å². The van der Waals surface area contributed by atoms with E-state index >= 15 is 0 Å². The summed E-state index contributed by atoms with van der Waals surface area (Å²) in [6, 6.07) is 15.2. The number of amides is 2. The summed E-state index contributed by atoms with van der Waals surface area (Å²) in [7, 11) is 3.69. The molecule has 2 fully saturated rings. The Balaban J connectivity index is 1.50. The van der Waals surface area contributed by atoms with Crippen molar-refractivity contribution in [2.45, 2.75) is 12.8 Å². The number of piperazine rings is 1. The molecule has 0 aromatic heterocycles. The minimum absolute atomic E-state index is 0.246. The third-order valence-corrected chi connectivity index (χ3v) is 6.84. The van der Waals surface area contributed by atoms with Crippen molar-refractivity contribution in [1.29, 1.82) is 0 Å². The molecule has 0 atom stereocenters. The quantitative estimate of drug-likeness (QED) is 0.659. The van der Waals surface area contributed by atoms with Gasteiger partial charge in [-0.2, -0.15) is 0 Å². The lowest BCUT2D eigenvalue weighted by Crippen LogP contribution is -2.46. The van der Waals surface area contributed by atoms with E-state index in [0.717, 1.165) is 37.4 Å². The van der Waals surface area contributed by atoms with Crippen molar-refractivity contribution >= 4 is 28.8 Å². The fourth-order valence-electron chi connectivity index (χ4n) is 4.88. The van der Waals surface area contributed by atoms with Crippen molar-refractivity contribution in [3.05, 3.63) is 59.8 Å². The smallest absolute Gasteiger partial charge is 0.282 e. The van der Waals surface area contributed by atoms with Crippen molar-refractivity contribution < 1.29 is 14.3 Å². The number of hydrogen-bond acceptors (Lipinski definition) is 6. The largest absolute Gasteiger partial charge is 0.497 e. The zero-order valence-electron chi connectivity index (χ0n) is 19.3. The fraction of sp³-hybridized carbons (Fsp3) is 0.385. The molecule has 3 aliphatic rings. The average molecular weight is 447 g/mol. The van der Waals surface area contributed by atoms with Gasteiger partial charge in [0, 0.05) is 45.0 Å². The lowest BCUT2D eigenvalue weighted by Gasteiger charge is -2.34. The lowest BCUT2D eigenvalue weighted by molar-refractivity contribution is -0.120. The van der Waals surface area contributed by atoms with Crippen LogP contribution in [0.15, 0.2) is 54.2 Å². The number of hydrogen-bond donors (Lipinski definition) is 0. The van der Waals surface area contributed by atoms with Gasteiger partial charge in [0.2, 0.25) is 0 Å². The topological polar surface area (TPSA) is 56.3 Å². The number of anilines is 2. The van der Waals surface area contributed by atoms with E-state index in [2.05, 4.69) is 21.7 Å². The predicted octanol–water partition coefficient (Wildman–Crippen LogP) is 2.83. The van der Waals surface area contributed by atoms with E-state index in [0.29, 0.717) is 35.8 Å². The van der Waals surface area contributed by atoms with Crippen molar-refractivity contribution in [3.8, 4) is 5.75 Å². The fourth-order valence-corrected chi connectivity index (χ4v) is 4.88. The molecule has 0 bridgehead atoms. The first-order valence-corrected chi connectivity index (χ1v) is 11.6. The molecule has 0 aliphatic carbocycles. The van der Waals surface area contributed by atoms with Crippen LogP contribution in [0, 0.1) is 0 Å². The molecular formula is C26H30N4O3. The summed E-state index contributed by atoms with van der Waals surface area (Å²) >= 11 is 0. The minimum atomic E-state index is -0.270. The van der Waals surface area contributed by atoms with Gasteiger partial charge in [0.25, 0.3) is 11.8 Å². The number of ether oxygens (including phenoxy) is 1. The average Bonchev–Trinajstić information content (AvgIpc) is 3.47. The Kier molecular flexibility index (Phi) is 5.81. The molecule has 0 unspecified atom stereocenters. The van der Waals surface area contributed by atoms with Gasteiger partial charge in [-0.25, -0.2) is 4.90 Å². The molecule has 0 saturated carbocycles. The first-order chi connectivity index (χ1) is 16.1. The van der Waals surface area contributed by atoms with Crippen LogP contribution in [0.1, 0.15) is 18.4 Å². The molecule has 7 nitrogen and oxygen atoms in total. The molecule has 172 valence electrons. The van der Waals surface area contributed by atoms with Crippen LogP contribution in [0.2, 0.25) is 0 Å².